The zero-order valence-electron chi connectivity index (χ0n) is 13.0. The number of amides is 1. The maximum absolute atomic E-state index is 12.7. The molecule has 1 heterocycles. The number of nitrogens with one attached hydrogen (secondary N) is 1. The van der Waals surface area contributed by atoms with Gasteiger partial charge in [0.2, 0.25) is 5.82 Å². The second-order valence-corrected chi connectivity index (χ2v) is 5.23. The van der Waals surface area contributed by atoms with Crippen LogP contribution in [0.2, 0.25) is 0 Å². The van der Waals surface area contributed by atoms with Crippen LogP contribution in [-0.2, 0) is 11.0 Å². The van der Waals surface area contributed by atoms with E-state index in [4.69, 9.17) is 5.11 Å². The predicted octanol–water partition coefficient (Wildman–Crippen LogP) is 2.57. The molecule has 0 aliphatic rings. The number of rotatable bonds is 6. The summed E-state index contributed by atoms with van der Waals surface area (Å²) in [7, 11) is 0. The highest BCUT2D eigenvalue weighted by atomic mass is 19.4. The Morgan fingerprint density at radius 1 is 1.22 bits per heavy atom. The van der Waals surface area contributed by atoms with E-state index in [0.717, 1.165) is 6.07 Å². The van der Waals surface area contributed by atoms with Crippen LogP contribution < -0.4 is 5.32 Å². The first-order valence-electron chi connectivity index (χ1n) is 7.00. The zero-order valence-corrected chi connectivity index (χ0v) is 13.0. The average molecular weight is 333 g/mol. The molecule has 0 unspecified atom stereocenters. The SMILES string of the molecule is CCC(CC)(CC(=O)O)NC(=O)c1cc(C)nc(C(F)(F)F)n1. The number of aromatic nitrogens is 2. The Bertz CT molecular complexity index is 599. The number of aliphatic carboxylic acids is 1. The third kappa shape index (κ3) is 4.90. The Hall–Kier alpha value is -2.19. The van der Waals surface area contributed by atoms with Gasteiger partial charge in [-0.1, -0.05) is 13.8 Å². The quantitative estimate of drug-likeness (QED) is 0.835. The second-order valence-electron chi connectivity index (χ2n) is 5.23. The first-order chi connectivity index (χ1) is 10.5. The second kappa shape index (κ2) is 6.93. The Balaban J connectivity index is 3.14. The number of alkyl halides is 3. The lowest BCUT2D eigenvalue weighted by Gasteiger charge is -2.31. The molecule has 6 nitrogen and oxygen atoms in total. The molecule has 1 rings (SSSR count). The Morgan fingerprint density at radius 3 is 2.22 bits per heavy atom. The third-order valence-corrected chi connectivity index (χ3v) is 3.56. The van der Waals surface area contributed by atoms with Crippen molar-refractivity contribution < 1.29 is 27.9 Å². The fraction of sp³-hybridized carbons (Fsp3) is 0.571. The van der Waals surface area contributed by atoms with Crippen molar-refractivity contribution in [3.63, 3.8) is 0 Å². The molecule has 0 bridgehead atoms. The van der Waals surface area contributed by atoms with E-state index in [1.807, 2.05) is 0 Å². The molecule has 1 aromatic rings. The Kier molecular flexibility index (Phi) is 5.68. The summed E-state index contributed by atoms with van der Waals surface area (Å²) in [6.45, 7) is 4.70. The molecule has 9 heteroatoms. The molecule has 0 saturated carbocycles. The predicted molar refractivity (Wildman–Crippen MR) is 74.8 cm³/mol. The molecule has 0 fully saturated rings. The summed E-state index contributed by atoms with van der Waals surface area (Å²) < 4.78 is 38.2. The first kappa shape index (κ1) is 18.9. The number of halogens is 3. The molecular weight excluding hydrogens is 315 g/mol. The summed E-state index contributed by atoms with van der Waals surface area (Å²) in [5.74, 6) is -3.37. The maximum atomic E-state index is 12.7. The topological polar surface area (TPSA) is 92.2 Å². The van der Waals surface area contributed by atoms with Gasteiger partial charge in [0.15, 0.2) is 0 Å². The molecular formula is C14H18F3N3O3. The van der Waals surface area contributed by atoms with Crippen LogP contribution in [0.3, 0.4) is 0 Å². The van der Waals surface area contributed by atoms with Gasteiger partial charge < -0.3 is 10.4 Å². The van der Waals surface area contributed by atoms with Gasteiger partial charge in [-0.05, 0) is 25.8 Å². The summed E-state index contributed by atoms with van der Waals surface area (Å²) in [6.07, 6.45) is -4.47. The van der Waals surface area contributed by atoms with E-state index in [0.29, 0.717) is 12.8 Å². The molecule has 23 heavy (non-hydrogen) atoms. The minimum Gasteiger partial charge on any atom is -0.481 e. The van der Waals surface area contributed by atoms with E-state index in [-0.39, 0.29) is 12.1 Å². The number of aryl methyl sites for hydroxylation is 1. The average Bonchev–Trinajstić information content (AvgIpc) is 2.44. The lowest BCUT2D eigenvalue weighted by atomic mass is 9.89. The number of hydrogen-bond acceptors (Lipinski definition) is 4. The minimum absolute atomic E-state index is 0.00527. The highest BCUT2D eigenvalue weighted by Crippen LogP contribution is 2.26. The van der Waals surface area contributed by atoms with Gasteiger partial charge in [-0.15, -0.1) is 0 Å². The van der Waals surface area contributed by atoms with Gasteiger partial charge in [-0.3, -0.25) is 9.59 Å². The van der Waals surface area contributed by atoms with E-state index < -0.39 is 35.1 Å². The van der Waals surface area contributed by atoms with Crippen molar-refractivity contribution in [3.8, 4) is 0 Å². The van der Waals surface area contributed by atoms with E-state index in [2.05, 4.69) is 15.3 Å². The lowest BCUT2D eigenvalue weighted by molar-refractivity contribution is -0.145. The number of hydrogen-bond donors (Lipinski definition) is 2. The smallest absolute Gasteiger partial charge is 0.451 e. The van der Waals surface area contributed by atoms with Gasteiger partial charge in [-0.25, -0.2) is 9.97 Å². The summed E-state index contributed by atoms with van der Waals surface area (Å²) in [5.41, 5.74) is -1.49. The van der Waals surface area contributed by atoms with Crippen LogP contribution in [0.25, 0.3) is 0 Å². The van der Waals surface area contributed by atoms with Gasteiger partial charge in [-0.2, -0.15) is 13.2 Å². The lowest BCUT2D eigenvalue weighted by Crippen LogP contribution is -2.49. The standard InChI is InChI=1S/C14H18F3N3O3/c1-4-13(5-2,7-10(21)22)20-11(23)9-6-8(3)18-12(19-9)14(15,16)17/h6H,4-5,7H2,1-3H3,(H,20,23)(H,21,22). The van der Waals surface area contributed by atoms with Crippen molar-refractivity contribution in [3.05, 3.63) is 23.3 Å². The van der Waals surface area contributed by atoms with Crippen molar-refractivity contribution >= 4 is 11.9 Å². The number of nitrogens with zero attached hydrogens (tertiary/aromatic N) is 2. The van der Waals surface area contributed by atoms with Gasteiger partial charge >= 0.3 is 12.1 Å². The molecule has 0 saturated heterocycles. The highest BCUT2D eigenvalue weighted by molar-refractivity contribution is 5.93. The largest absolute Gasteiger partial charge is 0.481 e. The van der Waals surface area contributed by atoms with Crippen LogP contribution in [0.1, 0.15) is 55.1 Å². The van der Waals surface area contributed by atoms with E-state index in [9.17, 15) is 22.8 Å². The molecule has 0 spiro atoms. The van der Waals surface area contributed by atoms with Crippen molar-refractivity contribution in [1.82, 2.24) is 15.3 Å². The zero-order chi connectivity index (χ0) is 17.8. The highest BCUT2D eigenvalue weighted by Gasteiger charge is 2.37. The summed E-state index contributed by atoms with van der Waals surface area (Å²) >= 11 is 0. The van der Waals surface area contributed by atoms with Gasteiger partial charge in [0.05, 0.1) is 12.0 Å². The van der Waals surface area contributed by atoms with Crippen LogP contribution in [-0.4, -0.2) is 32.5 Å². The molecule has 0 aliphatic carbocycles. The van der Waals surface area contributed by atoms with Gasteiger partial charge in [0.25, 0.3) is 5.91 Å². The fourth-order valence-electron chi connectivity index (χ4n) is 2.13. The van der Waals surface area contributed by atoms with Crippen molar-refractivity contribution in [2.24, 2.45) is 0 Å². The fourth-order valence-corrected chi connectivity index (χ4v) is 2.13. The molecule has 2 N–H and O–H groups in total. The number of carbonyl (C=O) groups is 2. The molecule has 128 valence electrons. The maximum Gasteiger partial charge on any atom is 0.451 e. The molecule has 0 radical (unpaired) electrons. The van der Waals surface area contributed by atoms with Gasteiger partial charge in [0.1, 0.15) is 5.69 Å². The third-order valence-electron chi connectivity index (χ3n) is 3.56. The van der Waals surface area contributed by atoms with Crippen molar-refractivity contribution in [2.45, 2.75) is 51.7 Å². The van der Waals surface area contributed by atoms with E-state index in [1.54, 1.807) is 13.8 Å². The molecule has 0 atom stereocenters. The van der Waals surface area contributed by atoms with E-state index >= 15 is 0 Å². The first-order valence-corrected chi connectivity index (χ1v) is 7.00. The number of carbonyl (C=O) groups excluding carboxylic acids is 1. The summed E-state index contributed by atoms with van der Waals surface area (Å²) in [5, 5.41) is 11.5. The van der Waals surface area contributed by atoms with E-state index in [1.165, 1.54) is 6.92 Å². The summed E-state index contributed by atoms with van der Waals surface area (Å²) in [4.78, 5) is 29.7. The minimum atomic E-state index is -4.77. The molecule has 1 amide bonds. The van der Waals surface area contributed by atoms with Crippen LogP contribution >= 0.6 is 0 Å². The van der Waals surface area contributed by atoms with Crippen LogP contribution in [0.15, 0.2) is 6.07 Å². The van der Waals surface area contributed by atoms with Crippen LogP contribution in [0, 0.1) is 6.92 Å². The monoisotopic (exact) mass is 333 g/mol. The van der Waals surface area contributed by atoms with Crippen molar-refractivity contribution in [1.29, 1.82) is 0 Å². The van der Waals surface area contributed by atoms with Crippen molar-refractivity contribution in [2.75, 3.05) is 0 Å². The Labute approximate surface area is 131 Å². The van der Waals surface area contributed by atoms with Crippen LogP contribution in [0.5, 0.6) is 0 Å². The molecule has 0 aromatic carbocycles. The Morgan fingerprint density at radius 2 is 1.78 bits per heavy atom. The van der Waals surface area contributed by atoms with Gasteiger partial charge in [0, 0.05) is 5.69 Å². The summed E-state index contributed by atoms with van der Waals surface area (Å²) in [6, 6.07) is 1.13. The normalized spacial score (nSPS) is 12.1. The molecule has 0 aliphatic heterocycles. The van der Waals surface area contributed by atoms with Crippen LogP contribution in [0.4, 0.5) is 13.2 Å². The molecule has 1 aromatic heterocycles. The number of carboxylic acids is 1. The number of carboxylic acid groups (broad SMARTS) is 1.